The van der Waals surface area contributed by atoms with Crippen molar-refractivity contribution in [3.05, 3.63) is 71.3 Å². The lowest BCUT2D eigenvalue weighted by molar-refractivity contribution is -0.137. The van der Waals surface area contributed by atoms with Crippen molar-refractivity contribution in [3.8, 4) is 0 Å². The number of piperidine rings is 2. The molecule has 2 heterocycles. The number of rotatable bonds is 5. The molecule has 0 aromatic heterocycles. The molecule has 33 heavy (non-hydrogen) atoms. The quantitative estimate of drug-likeness (QED) is 0.599. The number of alkyl halides is 3. The van der Waals surface area contributed by atoms with Crippen LogP contribution in [0.5, 0.6) is 0 Å². The first-order valence-corrected chi connectivity index (χ1v) is 12.1. The molecule has 0 amide bonds. The summed E-state index contributed by atoms with van der Waals surface area (Å²) in [5.41, 5.74) is 1.69. The summed E-state index contributed by atoms with van der Waals surface area (Å²) in [6, 6.07) is 16.0. The highest BCUT2D eigenvalue weighted by molar-refractivity contribution is 6.45. The Hall–Kier alpha value is -1.83. The molecule has 0 bridgehead atoms. The Labute approximate surface area is 195 Å². The molecule has 1 atom stereocenters. The van der Waals surface area contributed by atoms with Gasteiger partial charge in [0.05, 0.1) is 5.56 Å². The minimum Gasteiger partial charge on any atom is -0.437 e. The van der Waals surface area contributed by atoms with Gasteiger partial charge in [-0.05, 0) is 94.8 Å². The summed E-state index contributed by atoms with van der Waals surface area (Å²) in [6.45, 7) is 7.99. The maximum Gasteiger partial charge on any atom is 0.416 e. The van der Waals surface area contributed by atoms with Crippen molar-refractivity contribution in [2.45, 2.75) is 57.1 Å². The third-order valence-corrected chi connectivity index (χ3v) is 7.93. The summed E-state index contributed by atoms with van der Waals surface area (Å²) in [4.78, 5) is 4.74. The molecule has 2 saturated heterocycles. The van der Waals surface area contributed by atoms with Crippen molar-refractivity contribution in [2.75, 3.05) is 26.2 Å². The average molecular weight is 458 g/mol. The standard InChI is InChI=1S/C26H34BF3N2O/c1-25(14-18-32(19-15-25)27(2)33)31-16-12-22(13-17-31)24(20-6-4-3-5-7-20)21-8-10-23(11-9-21)26(28,29)30/h3-11,22,24,33H,12-19H2,1-2H3. The van der Waals surface area contributed by atoms with Gasteiger partial charge in [0.25, 0.3) is 0 Å². The number of nitrogens with zero attached hydrogens (tertiary/aromatic N) is 2. The smallest absolute Gasteiger partial charge is 0.416 e. The third-order valence-electron chi connectivity index (χ3n) is 7.93. The minimum atomic E-state index is -4.31. The van der Waals surface area contributed by atoms with Crippen LogP contribution < -0.4 is 0 Å². The van der Waals surface area contributed by atoms with Crippen molar-refractivity contribution >= 4 is 7.05 Å². The molecule has 2 aliphatic rings. The molecule has 2 aromatic carbocycles. The average Bonchev–Trinajstić information content (AvgIpc) is 2.80. The van der Waals surface area contributed by atoms with Gasteiger partial charge in [-0.25, -0.2) is 0 Å². The van der Waals surface area contributed by atoms with E-state index >= 15 is 0 Å². The monoisotopic (exact) mass is 458 g/mol. The largest absolute Gasteiger partial charge is 0.437 e. The van der Waals surface area contributed by atoms with Gasteiger partial charge >= 0.3 is 13.2 Å². The number of hydrogen-bond acceptors (Lipinski definition) is 3. The highest BCUT2D eigenvalue weighted by Crippen LogP contribution is 2.41. The second-order valence-electron chi connectivity index (χ2n) is 10.00. The normalized spacial score (nSPS) is 21.6. The highest BCUT2D eigenvalue weighted by Gasteiger charge is 2.40. The molecule has 3 nitrogen and oxygen atoms in total. The molecule has 2 aliphatic heterocycles. The van der Waals surface area contributed by atoms with Gasteiger partial charge in [0.2, 0.25) is 0 Å². The van der Waals surface area contributed by atoms with Crippen LogP contribution in [0.1, 0.15) is 55.2 Å². The van der Waals surface area contributed by atoms with Gasteiger partial charge in [0.1, 0.15) is 0 Å². The summed E-state index contributed by atoms with van der Waals surface area (Å²) >= 11 is 0. The first kappa shape index (κ1) is 24.3. The fraction of sp³-hybridized carbons (Fsp3) is 0.538. The van der Waals surface area contributed by atoms with E-state index in [0.717, 1.165) is 57.4 Å². The second-order valence-corrected chi connectivity index (χ2v) is 10.00. The van der Waals surface area contributed by atoms with E-state index in [-0.39, 0.29) is 11.5 Å². The Kier molecular flexibility index (Phi) is 7.22. The van der Waals surface area contributed by atoms with Crippen LogP contribution in [0.3, 0.4) is 0 Å². The summed E-state index contributed by atoms with van der Waals surface area (Å²) in [6.07, 6.45) is -0.176. The van der Waals surface area contributed by atoms with Crippen LogP contribution >= 0.6 is 0 Å². The second kappa shape index (κ2) is 9.81. The van der Waals surface area contributed by atoms with Crippen LogP contribution in [0.4, 0.5) is 13.2 Å². The molecule has 7 heteroatoms. The molecule has 1 unspecified atom stereocenters. The molecular weight excluding hydrogens is 424 g/mol. The lowest BCUT2D eigenvalue weighted by Gasteiger charge is -2.50. The van der Waals surface area contributed by atoms with Crippen LogP contribution in [0, 0.1) is 5.92 Å². The summed E-state index contributed by atoms with van der Waals surface area (Å²) in [5.74, 6) is 0.488. The van der Waals surface area contributed by atoms with Crippen LogP contribution in [-0.4, -0.2) is 53.5 Å². The molecule has 2 fully saturated rings. The fourth-order valence-corrected chi connectivity index (χ4v) is 5.74. The zero-order valence-electron chi connectivity index (χ0n) is 19.6. The van der Waals surface area contributed by atoms with E-state index in [4.69, 9.17) is 0 Å². The zero-order valence-corrected chi connectivity index (χ0v) is 19.6. The van der Waals surface area contributed by atoms with Gasteiger partial charge in [-0.2, -0.15) is 13.2 Å². The van der Waals surface area contributed by atoms with Gasteiger partial charge in [-0.1, -0.05) is 42.5 Å². The van der Waals surface area contributed by atoms with E-state index in [1.807, 2.05) is 25.0 Å². The zero-order chi connectivity index (χ0) is 23.6. The van der Waals surface area contributed by atoms with E-state index in [1.165, 1.54) is 17.7 Å². The van der Waals surface area contributed by atoms with Gasteiger partial charge in [-0.3, -0.25) is 4.90 Å². The van der Waals surface area contributed by atoms with E-state index in [9.17, 15) is 18.2 Å². The molecule has 0 aliphatic carbocycles. The third kappa shape index (κ3) is 5.47. The molecular formula is C26H34BF3N2O. The number of halogens is 3. The predicted molar refractivity (Wildman–Crippen MR) is 127 cm³/mol. The lowest BCUT2D eigenvalue weighted by atomic mass is 9.74. The molecule has 2 aromatic rings. The van der Waals surface area contributed by atoms with E-state index in [1.54, 1.807) is 12.1 Å². The summed E-state index contributed by atoms with van der Waals surface area (Å²) in [5, 5.41) is 9.88. The van der Waals surface area contributed by atoms with E-state index < -0.39 is 18.8 Å². The maximum absolute atomic E-state index is 13.1. The Balaban J connectivity index is 1.49. The Morgan fingerprint density at radius 2 is 1.45 bits per heavy atom. The highest BCUT2D eigenvalue weighted by atomic mass is 19.4. The van der Waals surface area contributed by atoms with Gasteiger partial charge in [0, 0.05) is 11.5 Å². The molecule has 0 spiro atoms. The number of likely N-dealkylation sites (tertiary alicyclic amines) is 1. The molecule has 0 saturated carbocycles. The Morgan fingerprint density at radius 1 is 0.909 bits per heavy atom. The summed E-state index contributed by atoms with van der Waals surface area (Å²) in [7, 11) is -0.393. The first-order chi connectivity index (χ1) is 15.7. The molecule has 1 N–H and O–H groups in total. The number of hydrogen-bond donors (Lipinski definition) is 1. The molecule has 4 rings (SSSR count). The predicted octanol–water partition coefficient (Wildman–Crippen LogP) is 5.51. The fourth-order valence-electron chi connectivity index (χ4n) is 5.74. The van der Waals surface area contributed by atoms with Crippen LogP contribution in [0.15, 0.2) is 54.6 Å². The van der Waals surface area contributed by atoms with Crippen molar-refractivity contribution in [1.29, 1.82) is 0 Å². The minimum absolute atomic E-state index is 0.0977. The Bertz CT molecular complexity index is 888. The van der Waals surface area contributed by atoms with Gasteiger partial charge < -0.3 is 9.83 Å². The van der Waals surface area contributed by atoms with Crippen LogP contribution in [0.2, 0.25) is 6.82 Å². The topological polar surface area (TPSA) is 26.7 Å². The van der Waals surface area contributed by atoms with Gasteiger partial charge in [-0.15, -0.1) is 0 Å². The van der Waals surface area contributed by atoms with Crippen LogP contribution in [-0.2, 0) is 6.18 Å². The first-order valence-electron chi connectivity index (χ1n) is 12.1. The molecule has 0 radical (unpaired) electrons. The van der Waals surface area contributed by atoms with E-state index in [2.05, 4.69) is 28.8 Å². The Morgan fingerprint density at radius 3 is 1.97 bits per heavy atom. The lowest BCUT2D eigenvalue weighted by Crippen LogP contribution is -2.57. The number of benzene rings is 2. The van der Waals surface area contributed by atoms with Crippen molar-refractivity contribution in [2.24, 2.45) is 5.92 Å². The van der Waals surface area contributed by atoms with Crippen molar-refractivity contribution < 1.29 is 18.2 Å². The summed E-state index contributed by atoms with van der Waals surface area (Å²) < 4.78 is 39.3. The van der Waals surface area contributed by atoms with Gasteiger partial charge in [0.15, 0.2) is 0 Å². The van der Waals surface area contributed by atoms with Crippen LogP contribution in [0.25, 0.3) is 0 Å². The van der Waals surface area contributed by atoms with Crippen molar-refractivity contribution in [3.63, 3.8) is 0 Å². The molecule has 178 valence electrons. The SMILES string of the molecule is CB(O)N1CCC(C)(N2CCC(C(c3ccccc3)c3ccc(C(F)(F)F)cc3)CC2)CC1. The maximum atomic E-state index is 13.1. The van der Waals surface area contributed by atoms with E-state index in [0.29, 0.717) is 5.92 Å². The van der Waals surface area contributed by atoms with Crippen molar-refractivity contribution in [1.82, 2.24) is 9.71 Å².